The summed E-state index contributed by atoms with van der Waals surface area (Å²) in [5, 5.41) is 9.00. The summed E-state index contributed by atoms with van der Waals surface area (Å²) in [6.45, 7) is 14.3. The molecule has 1 atom stereocenters. The molecule has 2 aliphatic rings. The van der Waals surface area contributed by atoms with Crippen molar-refractivity contribution >= 4 is 24.1 Å². The standard InChI is InChI=1S/C25H29N5O2/c1-5-21(17-31)15-27-19(3)28-12-10-23(11-13-28)16-29-18(2)25(32)30(20(29)4)24-8-6-22(14-26)7-9-24/h5-9,15,17-18,23H,3-4,10-13,16H2,1-2H3/b21-5+,27-15-. The van der Waals surface area contributed by atoms with Gasteiger partial charge in [-0.25, -0.2) is 4.99 Å². The molecular formula is C25H29N5O2. The average molecular weight is 432 g/mol. The van der Waals surface area contributed by atoms with Crippen LogP contribution < -0.4 is 4.90 Å². The molecule has 7 heteroatoms. The van der Waals surface area contributed by atoms with Gasteiger partial charge in [-0.05, 0) is 56.9 Å². The van der Waals surface area contributed by atoms with Crippen molar-refractivity contribution in [3.05, 3.63) is 66.3 Å². The Hall–Kier alpha value is -3.66. The van der Waals surface area contributed by atoms with Gasteiger partial charge in [-0.2, -0.15) is 5.26 Å². The maximum Gasteiger partial charge on any atom is 0.255 e. The Kier molecular flexibility index (Phi) is 7.26. The third-order valence-electron chi connectivity index (χ3n) is 6.16. The van der Waals surface area contributed by atoms with E-state index in [0.717, 1.165) is 44.4 Å². The smallest absolute Gasteiger partial charge is 0.255 e. The zero-order valence-corrected chi connectivity index (χ0v) is 18.7. The van der Waals surface area contributed by atoms with Crippen molar-refractivity contribution in [1.29, 1.82) is 5.26 Å². The Morgan fingerprint density at radius 3 is 2.50 bits per heavy atom. The normalized spacial score (nSPS) is 20.2. The Morgan fingerprint density at radius 2 is 1.94 bits per heavy atom. The maximum atomic E-state index is 12.9. The van der Waals surface area contributed by atoms with Gasteiger partial charge in [-0.3, -0.25) is 14.5 Å². The number of allylic oxidation sites excluding steroid dienone is 2. The Bertz CT molecular complexity index is 994. The molecule has 0 saturated carbocycles. The van der Waals surface area contributed by atoms with E-state index in [2.05, 4.69) is 34.0 Å². The van der Waals surface area contributed by atoms with Gasteiger partial charge >= 0.3 is 0 Å². The third-order valence-corrected chi connectivity index (χ3v) is 6.16. The Morgan fingerprint density at radius 1 is 1.28 bits per heavy atom. The molecule has 1 amide bonds. The summed E-state index contributed by atoms with van der Waals surface area (Å²) in [6, 6.07) is 8.81. The van der Waals surface area contributed by atoms with Gasteiger partial charge in [0.1, 0.15) is 17.7 Å². The number of nitrogens with zero attached hydrogens (tertiary/aromatic N) is 5. The molecule has 32 heavy (non-hydrogen) atoms. The lowest BCUT2D eigenvalue weighted by Gasteiger charge is -2.36. The third kappa shape index (κ3) is 4.80. The zero-order chi connectivity index (χ0) is 23.3. The number of carbonyl (C=O) groups excluding carboxylic acids is 2. The van der Waals surface area contributed by atoms with Gasteiger partial charge in [0.15, 0.2) is 6.29 Å². The Labute approximate surface area is 189 Å². The van der Waals surface area contributed by atoms with Gasteiger partial charge in [-0.1, -0.05) is 19.2 Å². The first kappa shape index (κ1) is 23.0. The number of amides is 1. The van der Waals surface area contributed by atoms with Gasteiger partial charge in [0, 0.05) is 31.4 Å². The average Bonchev–Trinajstić information content (AvgIpc) is 3.03. The lowest BCUT2D eigenvalue weighted by Crippen LogP contribution is -2.39. The summed E-state index contributed by atoms with van der Waals surface area (Å²) >= 11 is 0. The predicted molar refractivity (Wildman–Crippen MR) is 126 cm³/mol. The van der Waals surface area contributed by atoms with Crippen LogP contribution in [0.5, 0.6) is 0 Å². The summed E-state index contributed by atoms with van der Waals surface area (Å²) in [4.78, 5) is 34.0. The van der Waals surface area contributed by atoms with E-state index in [4.69, 9.17) is 5.26 Å². The van der Waals surface area contributed by atoms with Crippen LogP contribution in [0.4, 0.5) is 5.69 Å². The molecule has 0 bridgehead atoms. The van der Waals surface area contributed by atoms with Gasteiger partial charge in [-0.15, -0.1) is 0 Å². The molecule has 2 fully saturated rings. The summed E-state index contributed by atoms with van der Waals surface area (Å²) in [6.07, 6.45) is 5.94. The lowest BCUT2D eigenvalue weighted by atomic mass is 9.96. The highest BCUT2D eigenvalue weighted by Gasteiger charge is 2.40. The van der Waals surface area contributed by atoms with Crippen LogP contribution >= 0.6 is 0 Å². The van der Waals surface area contributed by atoms with Crippen LogP contribution in [0.1, 0.15) is 32.3 Å². The molecule has 1 unspecified atom stereocenters. The Balaban J connectivity index is 1.59. The van der Waals surface area contributed by atoms with E-state index >= 15 is 0 Å². The number of carbonyl (C=O) groups is 2. The predicted octanol–water partition coefficient (Wildman–Crippen LogP) is 3.47. The first-order valence-corrected chi connectivity index (χ1v) is 10.8. The molecule has 2 aliphatic heterocycles. The monoisotopic (exact) mass is 431 g/mol. The van der Waals surface area contributed by atoms with Crippen LogP contribution in [0.2, 0.25) is 0 Å². The van der Waals surface area contributed by atoms with Crippen molar-refractivity contribution in [2.24, 2.45) is 10.9 Å². The minimum atomic E-state index is -0.279. The number of hydrogen-bond acceptors (Lipinski definition) is 6. The second kappa shape index (κ2) is 10.1. The van der Waals surface area contributed by atoms with Gasteiger partial charge < -0.3 is 9.80 Å². The van der Waals surface area contributed by atoms with Crippen LogP contribution in [-0.4, -0.2) is 53.9 Å². The molecule has 0 N–H and O–H groups in total. The van der Waals surface area contributed by atoms with E-state index < -0.39 is 0 Å². The zero-order valence-electron chi connectivity index (χ0n) is 18.7. The SMILES string of the molecule is C=C(/N=C\C(C=O)=C/C)N1CCC(CN2C(=C)N(c3ccc(C#N)cc3)C(=O)C2C)CC1. The van der Waals surface area contributed by atoms with Crippen LogP contribution in [0.3, 0.4) is 0 Å². The first-order valence-electron chi connectivity index (χ1n) is 10.8. The minimum Gasteiger partial charge on any atom is -0.357 e. The molecular weight excluding hydrogens is 402 g/mol. The number of piperidine rings is 1. The molecule has 0 aliphatic carbocycles. The number of likely N-dealkylation sites (tertiary alicyclic amines) is 1. The molecule has 166 valence electrons. The molecule has 0 radical (unpaired) electrons. The number of nitriles is 1. The van der Waals surface area contributed by atoms with Crippen molar-refractivity contribution in [2.45, 2.75) is 32.7 Å². The van der Waals surface area contributed by atoms with Crippen LogP contribution in [0.15, 0.2) is 65.7 Å². The van der Waals surface area contributed by atoms with Gasteiger partial charge in [0.2, 0.25) is 0 Å². The van der Waals surface area contributed by atoms with Crippen molar-refractivity contribution in [2.75, 3.05) is 24.5 Å². The minimum absolute atomic E-state index is 0.00480. The summed E-state index contributed by atoms with van der Waals surface area (Å²) in [5.41, 5.74) is 1.81. The highest BCUT2D eigenvalue weighted by Crippen LogP contribution is 2.32. The van der Waals surface area contributed by atoms with E-state index in [1.165, 1.54) is 0 Å². The summed E-state index contributed by atoms with van der Waals surface area (Å²) < 4.78 is 0. The number of aldehydes is 1. The van der Waals surface area contributed by atoms with Crippen molar-refractivity contribution in [3.8, 4) is 6.07 Å². The summed E-state index contributed by atoms with van der Waals surface area (Å²) in [7, 11) is 0. The fourth-order valence-electron chi connectivity index (χ4n) is 4.08. The highest BCUT2D eigenvalue weighted by atomic mass is 16.2. The molecule has 2 heterocycles. The van der Waals surface area contributed by atoms with Crippen LogP contribution in [-0.2, 0) is 9.59 Å². The van der Waals surface area contributed by atoms with Crippen molar-refractivity contribution < 1.29 is 9.59 Å². The van der Waals surface area contributed by atoms with E-state index in [-0.39, 0.29) is 11.9 Å². The number of benzene rings is 1. The van der Waals surface area contributed by atoms with Gasteiger partial charge in [0.05, 0.1) is 17.3 Å². The molecule has 1 aromatic carbocycles. The number of hydrogen-bond donors (Lipinski definition) is 0. The number of rotatable bonds is 7. The molecule has 1 aromatic rings. The second-order valence-corrected chi connectivity index (χ2v) is 8.09. The van der Waals surface area contributed by atoms with Crippen LogP contribution in [0.25, 0.3) is 0 Å². The molecule has 3 rings (SSSR count). The van der Waals surface area contributed by atoms with E-state index in [0.29, 0.717) is 28.7 Å². The highest BCUT2D eigenvalue weighted by molar-refractivity contribution is 6.02. The first-order chi connectivity index (χ1) is 15.4. The molecule has 7 nitrogen and oxygen atoms in total. The summed E-state index contributed by atoms with van der Waals surface area (Å²) in [5.74, 6) is 1.76. The fraction of sp³-hybridized carbons (Fsp3) is 0.360. The molecule has 0 spiro atoms. The van der Waals surface area contributed by atoms with Gasteiger partial charge in [0.25, 0.3) is 5.91 Å². The lowest BCUT2D eigenvalue weighted by molar-refractivity contribution is -0.119. The van der Waals surface area contributed by atoms with Crippen molar-refractivity contribution in [3.63, 3.8) is 0 Å². The topological polar surface area (TPSA) is 80.0 Å². The van der Waals surface area contributed by atoms with E-state index in [9.17, 15) is 9.59 Å². The molecule has 0 aromatic heterocycles. The molecule has 2 saturated heterocycles. The fourth-order valence-corrected chi connectivity index (χ4v) is 4.08. The van der Waals surface area contributed by atoms with E-state index in [1.54, 1.807) is 48.4 Å². The largest absolute Gasteiger partial charge is 0.357 e. The number of aliphatic imine (C=N–C) groups is 1. The van der Waals surface area contributed by atoms with Crippen molar-refractivity contribution in [1.82, 2.24) is 9.80 Å². The maximum absolute atomic E-state index is 12.9. The van der Waals surface area contributed by atoms with Crippen LogP contribution in [0, 0.1) is 17.2 Å². The van der Waals surface area contributed by atoms with E-state index in [1.807, 2.05) is 6.92 Å². The quantitative estimate of drug-likeness (QED) is 0.375. The second-order valence-electron chi connectivity index (χ2n) is 8.09. The number of anilines is 1.